The number of para-hydroxylation sites is 1. The molecule has 3 fully saturated rings. The molecule has 2 aromatic rings. The van der Waals surface area contributed by atoms with Crippen molar-refractivity contribution in [2.24, 2.45) is 44.4 Å². The summed E-state index contributed by atoms with van der Waals surface area (Å²) >= 11 is 0. The quantitative estimate of drug-likeness (QED) is 0.0321. The lowest BCUT2D eigenvalue weighted by Crippen LogP contribution is -2.61. The molecule has 12 amide bonds. The Labute approximate surface area is 536 Å². The molecule has 0 radical (unpaired) electrons. The lowest BCUT2D eigenvalue weighted by molar-refractivity contribution is -0.146. The van der Waals surface area contributed by atoms with E-state index in [-0.39, 0.29) is 93.8 Å². The number of benzene rings is 1. The van der Waals surface area contributed by atoms with Crippen LogP contribution in [-0.4, -0.2) is 231 Å². The molecule has 1 aromatic carbocycles. The van der Waals surface area contributed by atoms with E-state index in [9.17, 15) is 72.5 Å². The minimum atomic E-state index is -1.94. The van der Waals surface area contributed by atoms with Crippen molar-refractivity contribution in [3.8, 4) is 0 Å². The van der Waals surface area contributed by atoms with E-state index in [0.717, 1.165) is 48.1 Å². The molecule has 3 saturated heterocycles. The van der Waals surface area contributed by atoms with Crippen molar-refractivity contribution in [1.29, 1.82) is 0 Å². The Morgan fingerprint density at radius 1 is 0.626 bits per heavy atom. The van der Waals surface area contributed by atoms with Crippen molar-refractivity contribution < 1.29 is 72.5 Å². The van der Waals surface area contributed by atoms with E-state index in [4.69, 9.17) is 34.4 Å². The first-order chi connectivity index (χ1) is 43.3. The number of aliphatic hydroxyl groups is 1. The smallest absolute Gasteiger partial charge is 0.305 e. The van der Waals surface area contributed by atoms with Gasteiger partial charge in [0.1, 0.15) is 66.5 Å². The van der Waals surface area contributed by atoms with Gasteiger partial charge in [0.25, 0.3) is 0 Å². The average Bonchev–Trinajstić information content (AvgIpc) is 1.86. The summed E-state index contributed by atoms with van der Waals surface area (Å²) in [6, 6.07) is -10.5. The Morgan fingerprint density at radius 3 is 1.76 bits per heavy atom. The maximum Gasteiger partial charge on any atom is 0.305 e. The molecule has 0 spiro atoms. The summed E-state index contributed by atoms with van der Waals surface area (Å²) in [5.41, 5.74) is 34.8. The van der Waals surface area contributed by atoms with Crippen LogP contribution in [0.3, 0.4) is 0 Å². The van der Waals surface area contributed by atoms with Gasteiger partial charge >= 0.3 is 5.97 Å². The molecule has 11 atom stereocenters. The van der Waals surface area contributed by atoms with Crippen molar-refractivity contribution in [2.45, 2.75) is 125 Å². The summed E-state index contributed by atoms with van der Waals surface area (Å²) in [6.45, 7) is -0.723. The lowest BCUT2D eigenvalue weighted by Gasteiger charge is -2.30. The highest BCUT2D eigenvalue weighted by Gasteiger charge is 2.42. The number of nitrogens with zero attached hydrogens (tertiary/aromatic N) is 3. The first kappa shape index (κ1) is 73.5. The summed E-state index contributed by atoms with van der Waals surface area (Å²) in [7, 11) is 3.46. The molecule has 35 nitrogen and oxygen atoms in total. The van der Waals surface area contributed by atoms with Crippen LogP contribution in [0.25, 0.3) is 10.9 Å². The van der Waals surface area contributed by atoms with Crippen molar-refractivity contribution in [3.63, 3.8) is 0 Å². The number of amides is 12. The number of aliphatic imine (C=N–C) groups is 2. The maximum absolute atomic E-state index is 14.7. The summed E-state index contributed by atoms with van der Waals surface area (Å²) < 4.78 is 0. The Hall–Kier alpha value is -8.27. The van der Waals surface area contributed by atoms with E-state index in [1.807, 2.05) is 0 Å². The van der Waals surface area contributed by atoms with Crippen LogP contribution in [0.5, 0.6) is 0 Å². The number of hydrogen-bond acceptors (Lipinski definition) is 21. The summed E-state index contributed by atoms with van der Waals surface area (Å²) in [5.74, 6) is -15.7. The number of carbonyl (C=O) groups excluding carboxylic acids is 12. The number of fused-ring (bicyclic) bond motifs is 10. The SMILES string of the molecule is C[C@@H]1NC(=O)[C@H]2CSSC[C@H](NC(=O)CN)C(=O)N[C@@H](CSSC[C@@H](C(N)=O)NC(=O)[C@H](CCCN=C(N)N)NC(=O)[C@H](Cc3c[nH]c4ccccc34)NC1=O)C(=O)N[C@@H](CO)C(=O)N[C@@H](CC(=O)O)C(=O)N1CCC[C@H]1C(=O)N[C@@H](CCCN=C(N)N)C(=O)N2. The van der Waals surface area contributed by atoms with E-state index >= 15 is 0 Å². The summed E-state index contributed by atoms with van der Waals surface area (Å²) in [4.78, 5) is 194. The van der Waals surface area contributed by atoms with E-state index in [1.165, 1.54) is 6.92 Å². The molecule has 0 aliphatic carbocycles. The highest BCUT2D eigenvalue weighted by molar-refractivity contribution is 8.77. The van der Waals surface area contributed by atoms with Gasteiger partial charge in [0.2, 0.25) is 70.9 Å². The molecule has 4 heterocycles. The van der Waals surface area contributed by atoms with Gasteiger partial charge in [0.15, 0.2) is 11.9 Å². The molecular formula is C52H78N20O15S4. The maximum atomic E-state index is 14.7. The van der Waals surface area contributed by atoms with Crippen LogP contribution in [-0.2, 0) is 68.7 Å². The zero-order valence-electron chi connectivity index (χ0n) is 49.4. The topological polar surface area (TPSA) is 583 Å². The molecule has 5 rings (SSSR count). The number of guanidine groups is 2. The van der Waals surface area contributed by atoms with Gasteiger partial charge in [-0.05, 0) is 57.1 Å². The fourth-order valence-corrected chi connectivity index (χ4v) is 14.1. The third kappa shape index (κ3) is 23.2. The minimum absolute atomic E-state index is 0.0125. The van der Waals surface area contributed by atoms with Gasteiger partial charge in [-0.25, -0.2) is 0 Å². The highest BCUT2D eigenvalue weighted by Crippen LogP contribution is 2.27. The Bertz CT molecular complexity index is 3040. The van der Waals surface area contributed by atoms with Gasteiger partial charge < -0.3 is 108 Å². The number of carboxylic acids is 1. The summed E-state index contributed by atoms with van der Waals surface area (Å²) in [5, 5.41) is 46.2. The molecule has 0 saturated carbocycles. The molecular weight excluding hydrogens is 1270 g/mol. The number of nitrogens with two attached hydrogens (primary N) is 6. The zero-order chi connectivity index (χ0) is 66.9. The first-order valence-electron chi connectivity index (χ1n) is 28.6. The van der Waals surface area contributed by atoms with Gasteiger partial charge in [-0.15, -0.1) is 0 Å². The van der Waals surface area contributed by atoms with Gasteiger partial charge in [-0.1, -0.05) is 61.4 Å². The van der Waals surface area contributed by atoms with E-state index in [0.29, 0.717) is 16.5 Å². The van der Waals surface area contributed by atoms with Crippen molar-refractivity contribution >= 4 is 143 Å². The normalized spacial score (nSPS) is 26.1. The second-order valence-electron chi connectivity index (χ2n) is 21.0. The molecule has 25 N–H and O–H groups in total. The van der Waals surface area contributed by atoms with Gasteiger partial charge in [-0.2, -0.15) is 0 Å². The Morgan fingerprint density at radius 2 is 1.15 bits per heavy atom. The number of aromatic nitrogens is 1. The van der Waals surface area contributed by atoms with E-state index < -0.39 is 169 Å². The molecule has 39 heteroatoms. The first-order valence-corrected chi connectivity index (χ1v) is 33.6. The predicted octanol–water partition coefficient (Wildman–Crippen LogP) is -7.62. The van der Waals surface area contributed by atoms with Gasteiger partial charge in [0, 0.05) is 66.2 Å². The fourth-order valence-electron chi connectivity index (χ4n) is 9.39. The number of rotatable bonds is 16. The van der Waals surface area contributed by atoms with Crippen molar-refractivity contribution in [2.75, 3.05) is 55.8 Å². The monoisotopic (exact) mass is 1350 g/mol. The van der Waals surface area contributed by atoms with Crippen LogP contribution in [0.15, 0.2) is 40.4 Å². The number of aliphatic carboxylic acids is 1. The minimum Gasteiger partial charge on any atom is -0.481 e. The molecule has 2 bridgehead atoms. The van der Waals surface area contributed by atoms with Crippen molar-refractivity contribution in [1.82, 2.24) is 63.1 Å². The third-order valence-electron chi connectivity index (χ3n) is 14.2. The van der Waals surface area contributed by atoms with Crippen LogP contribution >= 0.6 is 43.2 Å². The number of H-pyrrole nitrogens is 1. The predicted molar refractivity (Wildman–Crippen MR) is 339 cm³/mol. The molecule has 0 unspecified atom stereocenters. The van der Waals surface area contributed by atoms with Gasteiger partial charge in [-0.3, -0.25) is 72.3 Å². The molecule has 91 heavy (non-hydrogen) atoms. The lowest BCUT2D eigenvalue weighted by atomic mass is 10.0. The molecule has 3 aliphatic rings. The second-order valence-corrected chi connectivity index (χ2v) is 26.1. The third-order valence-corrected chi connectivity index (χ3v) is 19.0. The number of aliphatic hydroxyl groups excluding tert-OH is 1. The Kier molecular flexibility index (Phi) is 29.5. The second kappa shape index (κ2) is 36.5. The fraction of sp³-hybridized carbons (Fsp3) is 0.558. The number of primary amides is 1. The van der Waals surface area contributed by atoms with Crippen LogP contribution < -0.4 is 87.6 Å². The van der Waals surface area contributed by atoms with E-state index in [1.54, 1.807) is 30.5 Å². The average molecular weight is 1350 g/mol. The van der Waals surface area contributed by atoms with Crippen molar-refractivity contribution in [3.05, 3.63) is 36.0 Å². The summed E-state index contributed by atoms with van der Waals surface area (Å²) in [6.07, 6.45) is 0.298. The van der Waals surface area contributed by atoms with Gasteiger partial charge in [0.05, 0.1) is 19.6 Å². The van der Waals surface area contributed by atoms with Crippen LogP contribution in [0.2, 0.25) is 0 Å². The number of nitrogens with one attached hydrogen (secondary N) is 11. The van der Waals surface area contributed by atoms with E-state index in [2.05, 4.69) is 68.1 Å². The van der Waals surface area contributed by atoms with Crippen LogP contribution in [0, 0.1) is 0 Å². The number of hydrogen-bond donors (Lipinski definition) is 19. The number of carboxylic acid groups (broad SMARTS) is 1. The number of carbonyl (C=O) groups is 13. The number of aromatic amines is 1. The standard InChI is InChI=1S/C52H78N20O15S4/c1-24-41(78)66-30(15-25-18-61-27-8-3-2-7-26(25)27)44(81)64-28(9-4-12-59-51(55)56)42(79)69-33(40(54)77)20-88-90-23-36-48(85)68-32(19-73)45(82)67-31(16-39(75)76)50(87)72-14-6-11-37(72)49(86)65-29(10-5-13-60-52(57)58)43(80)70-35(46(83)62-24)22-91-89-21-34(47(84)71-36)63-38(74)17-53/h2-3,7-8,18,24,28-37,61,73H,4-6,9-17,19-23,53H2,1H3,(H2,54,77)(H,62,83)(H,63,74)(H,64,81)(H,65,86)(H,66,78)(H,67,82)(H,68,85)(H,69,79)(H,70,80)(H,71,84)(H,75,76)(H4,55,56,59)(H4,57,58,60)/t24-,28-,29-,30-,31-,32-,33-,34-,35+,36-,37-/m0/s1. The Balaban J connectivity index is 1.66. The molecule has 500 valence electrons. The zero-order valence-corrected chi connectivity index (χ0v) is 52.7. The molecule has 3 aliphatic heterocycles. The largest absolute Gasteiger partial charge is 0.481 e. The molecule has 1 aromatic heterocycles. The van der Waals surface area contributed by atoms with Crippen LogP contribution in [0.4, 0.5) is 0 Å². The van der Waals surface area contributed by atoms with Crippen LogP contribution in [0.1, 0.15) is 57.4 Å². The highest BCUT2D eigenvalue weighted by atomic mass is 33.1.